The van der Waals surface area contributed by atoms with Crippen LogP contribution in [0.15, 0.2) is 64.7 Å². The molecule has 4 aromatic heterocycles. The normalized spacial score (nSPS) is 22.5. The Hall–Kier alpha value is -6.51. The Morgan fingerprint density at radius 2 is 1.48 bits per heavy atom. The first-order valence-electron chi connectivity index (χ1n) is 26.0. The van der Waals surface area contributed by atoms with Crippen molar-refractivity contribution in [2.75, 3.05) is 72.0 Å². The van der Waals surface area contributed by atoms with Crippen molar-refractivity contribution >= 4 is 45.8 Å². The zero-order chi connectivity index (χ0) is 48.9. The van der Waals surface area contributed by atoms with Crippen molar-refractivity contribution in [1.82, 2.24) is 39.9 Å². The van der Waals surface area contributed by atoms with Crippen molar-refractivity contribution < 1.29 is 9.26 Å². The minimum Gasteiger partial charge on any atom is -0.356 e. The van der Waals surface area contributed by atoms with E-state index in [-0.39, 0.29) is 11.6 Å². The molecule has 0 aliphatic carbocycles. The van der Waals surface area contributed by atoms with E-state index in [4.69, 9.17) is 45.0 Å². The lowest BCUT2D eigenvalue weighted by Gasteiger charge is -2.39. The van der Waals surface area contributed by atoms with Crippen LogP contribution in [-0.2, 0) is 11.3 Å². The number of nitriles is 1. The number of fused-ring (bicyclic) bond motifs is 4. The molecule has 3 atom stereocenters. The molecule has 0 bridgehead atoms. The molecule has 1 unspecified atom stereocenters. The minimum atomic E-state index is -0.122. The zero-order valence-corrected chi connectivity index (χ0v) is 42.0. The number of amidine groups is 1. The first-order valence-corrected chi connectivity index (χ1v) is 26.0. The van der Waals surface area contributed by atoms with Crippen molar-refractivity contribution in [3.8, 4) is 17.5 Å². The van der Waals surface area contributed by atoms with Gasteiger partial charge in [0.2, 0.25) is 12.2 Å². The van der Waals surface area contributed by atoms with Gasteiger partial charge < -0.3 is 34.6 Å². The lowest BCUT2D eigenvalue weighted by molar-refractivity contribution is -0.0368. The first-order chi connectivity index (χ1) is 34.5. The summed E-state index contributed by atoms with van der Waals surface area (Å²) in [5.41, 5.74) is 16.5. The molecule has 370 valence electrons. The van der Waals surface area contributed by atoms with E-state index in [1.807, 2.05) is 35.3 Å². The van der Waals surface area contributed by atoms with Gasteiger partial charge in [0.15, 0.2) is 29.0 Å². The maximum absolute atomic E-state index is 9.46. The van der Waals surface area contributed by atoms with Gasteiger partial charge in [0, 0.05) is 62.8 Å². The van der Waals surface area contributed by atoms with E-state index in [1.165, 1.54) is 42.5 Å². The Bertz CT molecular complexity index is 2960. The van der Waals surface area contributed by atoms with E-state index in [2.05, 4.69) is 88.6 Å². The fourth-order valence-corrected chi connectivity index (χ4v) is 11.3. The van der Waals surface area contributed by atoms with E-state index in [0.29, 0.717) is 35.2 Å². The second kappa shape index (κ2) is 19.2. The average Bonchev–Trinajstić information content (AvgIpc) is 4.20. The van der Waals surface area contributed by atoms with Crippen molar-refractivity contribution in [3.05, 3.63) is 83.3 Å². The third-order valence-electron chi connectivity index (χ3n) is 16.7. The smallest absolute Gasteiger partial charge is 0.214 e. The van der Waals surface area contributed by atoms with Crippen LogP contribution in [0.4, 0.5) is 28.8 Å². The topological polar surface area (TPSA) is 193 Å². The number of rotatable bonds is 7. The SMILES string of the molecule is CCC1(C)CCN(c2cnc3c(N4CC[C@H](C)c5cc(C#N)ccc54)nn(C4CCCCO4)c3n2)CC1.C[C@H]1CCN(C2=NCc3nc(N4CCC(C)(CN)CC4)cnc32)c2ccc(-c3ncon3)cc21. The Morgan fingerprint density at radius 3 is 2.17 bits per heavy atom. The number of hydrogen-bond acceptors (Lipinski definition) is 16. The molecule has 3 saturated heterocycles. The second-order valence-electron chi connectivity index (χ2n) is 21.4. The quantitative estimate of drug-likeness (QED) is 0.159. The van der Waals surface area contributed by atoms with Crippen LogP contribution in [0.25, 0.3) is 22.6 Å². The largest absolute Gasteiger partial charge is 0.356 e. The summed E-state index contributed by atoms with van der Waals surface area (Å²) in [6.45, 7) is 19.2. The lowest BCUT2D eigenvalue weighted by Crippen LogP contribution is -2.42. The lowest BCUT2D eigenvalue weighted by atomic mass is 9.78. The van der Waals surface area contributed by atoms with E-state index < -0.39 is 0 Å². The summed E-state index contributed by atoms with van der Waals surface area (Å²) < 4.78 is 13.1. The molecular formula is C54H67N15O2. The van der Waals surface area contributed by atoms with Crippen LogP contribution >= 0.6 is 0 Å². The van der Waals surface area contributed by atoms with Crippen LogP contribution in [-0.4, -0.2) is 98.1 Å². The molecule has 12 rings (SSSR count). The van der Waals surface area contributed by atoms with Crippen LogP contribution in [0.5, 0.6) is 0 Å². The Labute approximate surface area is 416 Å². The molecule has 0 radical (unpaired) electrons. The second-order valence-corrected chi connectivity index (χ2v) is 21.4. The summed E-state index contributed by atoms with van der Waals surface area (Å²) >= 11 is 0. The molecule has 10 heterocycles. The van der Waals surface area contributed by atoms with Gasteiger partial charge >= 0.3 is 0 Å². The molecule has 3 fully saturated rings. The first kappa shape index (κ1) is 46.8. The highest BCUT2D eigenvalue weighted by atomic mass is 16.5. The third-order valence-corrected chi connectivity index (χ3v) is 16.7. The van der Waals surface area contributed by atoms with E-state index in [1.54, 1.807) is 0 Å². The van der Waals surface area contributed by atoms with Gasteiger partial charge in [-0.2, -0.15) is 10.2 Å². The van der Waals surface area contributed by atoms with E-state index in [0.717, 1.165) is 154 Å². The molecule has 17 nitrogen and oxygen atoms in total. The Morgan fingerprint density at radius 1 is 0.789 bits per heavy atom. The fourth-order valence-electron chi connectivity index (χ4n) is 11.3. The molecule has 0 saturated carbocycles. The monoisotopic (exact) mass is 958 g/mol. The third kappa shape index (κ3) is 8.98. The van der Waals surface area contributed by atoms with Crippen molar-refractivity contribution in [3.63, 3.8) is 0 Å². The number of nitrogens with zero attached hydrogens (tertiary/aromatic N) is 14. The molecule has 71 heavy (non-hydrogen) atoms. The number of aliphatic imine (C=N–C) groups is 1. The predicted octanol–water partition coefficient (Wildman–Crippen LogP) is 9.42. The van der Waals surface area contributed by atoms with E-state index in [9.17, 15) is 5.26 Å². The van der Waals surface area contributed by atoms with Gasteiger partial charge in [-0.25, -0.2) is 24.6 Å². The molecule has 0 amide bonds. The molecule has 6 aliphatic rings. The van der Waals surface area contributed by atoms with Gasteiger partial charge in [0.1, 0.15) is 17.3 Å². The molecule has 0 spiro atoms. The highest BCUT2D eigenvalue weighted by Gasteiger charge is 2.35. The molecular weight excluding hydrogens is 891 g/mol. The average molecular weight is 958 g/mol. The maximum atomic E-state index is 9.46. The number of anilines is 5. The number of benzene rings is 2. The van der Waals surface area contributed by atoms with Crippen molar-refractivity contribution in [2.45, 2.75) is 123 Å². The molecule has 6 aromatic rings. The molecule has 2 aromatic carbocycles. The van der Waals surface area contributed by atoms with Gasteiger partial charge in [0.05, 0.1) is 36.3 Å². The van der Waals surface area contributed by atoms with Crippen molar-refractivity contribution in [2.24, 2.45) is 21.6 Å². The summed E-state index contributed by atoms with van der Waals surface area (Å²) in [4.78, 5) is 38.4. The summed E-state index contributed by atoms with van der Waals surface area (Å²) in [6, 6.07) is 14.6. The van der Waals surface area contributed by atoms with Crippen LogP contribution in [0.2, 0.25) is 0 Å². The number of aromatic nitrogens is 8. The van der Waals surface area contributed by atoms with Crippen LogP contribution in [0.3, 0.4) is 0 Å². The standard InChI is InChI=1S/C29H37N7O.C25H30N8O/c1-4-29(3)11-14-34(15-12-29)24-19-31-26-27(32-24)36(25-7-5-6-16-37-25)33-28(26)35-13-10-20(2)22-17-21(18-30)8-9-23(22)35;1-16-5-8-33(20-4-3-17(11-18(16)20)23-29-15-34-31-23)24-22-19(12-28-24)30-21(13-27-22)32-9-6-25(2,14-26)7-10-32/h8-9,17,19-20,25H,4-7,10-16H2,1-3H3;3-4,11,13,15-16H,5-10,12,14,26H2,1-2H3/t20-,25?;16-/m00/s1. The van der Waals surface area contributed by atoms with E-state index >= 15 is 0 Å². The number of nitrogens with two attached hydrogens (primary N) is 1. The Kier molecular flexibility index (Phi) is 12.7. The number of hydrogen-bond donors (Lipinski definition) is 1. The zero-order valence-electron chi connectivity index (χ0n) is 42.0. The van der Waals surface area contributed by atoms with Crippen molar-refractivity contribution in [1.29, 1.82) is 5.26 Å². The summed E-state index contributed by atoms with van der Waals surface area (Å²) in [5.74, 6) is 5.07. The predicted molar refractivity (Wildman–Crippen MR) is 276 cm³/mol. The Balaban J connectivity index is 0.000000155. The van der Waals surface area contributed by atoms with Gasteiger partial charge in [-0.05, 0) is 135 Å². The number of piperidine rings is 2. The van der Waals surface area contributed by atoms with Gasteiger partial charge in [-0.1, -0.05) is 46.2 Å². The number of ether oxygens (including phenoxy) is 1. The highest BCUT2D eigenvalue weighted by Crippen LogP contribution is 2.44. The summed E-state index contributed by atoms with van der Waals surface area (Å²) in [5, 5.41) is 18.6. The molecule has 2 N–H and O–H groups in total. The highest BCUT2D eigenvalue weighted by molar-refractivity contribution is 6.11. The summed E-state index contributed by atoms with van der Waals surface area (Å²) in [7, 11) is 0. The van der Waals surface area contributed by atoms with Crippen LogP contribution in [0.1, 0.15) is 145 Å². The summed E-state index contributed by atoms with van der Waals surface area (Å²) in [6.07, 6.45) is 16.0. The van der Waals surface area contributed by atoms with Gasteiger partial charge in [0.25, 0.3) is 0 Å². The van der Waals surface area contributed by atoms with Crippen LogP contribution < -0.4 is 25.3 Å². The molecule has 6 aliphatic heterocycles. The molecule has 17 heteroatoms. The minimum absolute atomic E-state index is 0.122. The van der Waals surface area contributed by atoms with Gasteiger partial charge in [-0.3, -0.25) is 4.99 Å². The fraction of sp³-hybridized carbons (Fsp3) is 0.537. The van der Waals surface area contributed by atoms with Crippen LogP contribution in [0, 0.1) is 22.2 Å². The van der Waals surface area contributed by atoms with Gasteiger partial charge in [-0.15, -0.1) is 5.10 Å². The maximum Gasteiger partial charge on any atom is 0.214 e.